The highest BCUT2D eigenvalue weighted by Crippen LogP contribution is 1.97. The van der Waals surface area contributed by atoms with Gasteiger partial charge < -0.3 is 14.6 Å². The predicted octanol–water partition coefficient (Wildman–Crippen LogP) is -0.511. The van der Waals surface area contributed by atoms with Crippen molar-refractivity contribution in [1.82, 2.24) is 4.90 Å². The zero-order chi connectivity index (χ0) is 11.0. The van der Waals surface area contributed by atoms with Gasteiger partial charge in [0.25, 0.3) is 0 Å². The molecule has 0 heterocycles. The molecule has 0 amide bonds. The SMILES string of the molecule is COC(CCO)COC(=O)CN(C)C. The van der Waals surface area contributed by atoms with E-state index in [1.807, 2.05) is 0 Å². The fourth-order valence-corrected chi connectivity index (χ4v) is 0.903. The van der Waals surface area contributed by atoms with Gasteiger partial charge in [-0.2, -0.15) is 0 Å². The van der Waals surface area contributed by atoms with Gasteiger partial charge in [0.15, 0.2) is 0 Å². The molecule has 1 atom stereocenters. The normalized spacial score (nSPS) is 12.9. The quantitative estimate of drug-likeness (QED) is 0.567. The number of nitrogens with zero attached hydrogens (tertiary/aromatic N) is 1. The Kier molecular flexibility index (Phi) is 7.37. The second-order valence-electron chi connectivity index (χ2n) is 3.29. The van der Waals surface area contributed by atoms with Gasteiger partial charge in [-0.25, -0.2) is 0 Å². The maximum Gasteiger partial charge on any atom is 0.320 e. The van der Waals surface area contributed by atoms with E-state index in [2.05, 4.69) is 0 Å². The van der Waals surface area contributed by atoms with Crippen molar-refractivity contribution in [3.8, 4) is 0 Å². The van der Waals surface area contributed by atoms with Crippen LogP contribution in [-0.4, -0.2) is 63.0 Å². The molecule has 14 heavy (non-hydrogen) atoms. The van der Waals surface area contributed by atoms with Crippen LogP contribution in [0.1, 0.15) is 6.42 Å². The summed E-state index contributed by atoms with van der Waals surface area (Å²) in [5.74, 6) is -0.282. The lowest BCUT2D eigenvalue weighted by Gasteiger charge is -2.15. The number of likely N-dealkylation sites (N-methyl/N-ethyl adjacent to an activating group) is 1. The molecule has 0 saturated heterocycles. The van der Waals surface area contributed by atoms with Crippen LogP contribution < -0.4 is 0 Å². The average Bonchev–Trinajstić information content (AvgIpc) is 2.11. The molecule has 0 aromatic heterocycles. The minimum Gasteiger partial charge on any atom is -0.462 e. The van der Waals surface area contributed by atoms with Crippen molar-refractivity contribution in [3.05, 3.63) is 0 Å². The van der Waals surface area contributed by atoms with Crippen LogP contribution in [0.5, 0.6) is 0 Å². The standard InChI is InChI=1S/C9H19NO4/c1-10(2)6-9(12)14-7-8(13-3)4-5-11/h8,11H,4-7H2,1-3H3. The molecule has 0 spiro atoms. The Labute approximate surface area is 84.6 Å². The second-order valence-corrected chi connectivity index (χ2v) is 3.29. The maximum atomic E-state index is 11.1. The van der Waals surface area contributed by atoms with Gasteiger partial charge in [0.1, 0.15) is 6.61 Å². The number of ether oxygens (including phenoxy) is 2. The molecule has 5 nitrogen and oxygen atoms in total. The predicted molar refractivity (Wildman–Crippen MR) is 52.0 cm³/mol. The largest absolute Gasteiger partial charge is 0.462 e. The Hall–Kier alpha value is -0.650. The van der Waals surface area contributed by atoms with Gasteiger partial charge in [-0.15, -0.1) is 0 Å². The lowest BCUT2D eigenvalue weighted by atomic mass is 10.3. The first-order valence-corrected chi connectivity index (χ1v) is 4.54. The number of rotatable bonds is 7. The molecule has 0 aliphatic carbocycles. The summed E-state index contributed by atoms with van der Waals surface area (Å²) in [4.78, 5) is 12.8. The van der Waals surface area contributed by atoms with Crippen LogP contribution in [0.15, 0.2) is 0 Å². The first kappa shape index (κ1) is 13.4. The van der Waals surface area contributed by atoms with Crippen LogP contribution in [0.2, 0.25) is 0 Å². The second kappa shape index (κ2) is 7.73. The van der Waals surface area contributed by atoms with Crippen molar-refractivity contribution >= 4 is 5.97 Å². The van der Waals surface area contributed by atoms with Gasteiger partial charge in [0.2, 0.25) is 0 Å². The Morgan fingerprint density at radius 3 is 2.57 bits per heavy atom. The lowest BCUT2D eigenvalue weighted by molar-refractivity contribution is -0.148. The summed E-state index contributed by atoms with van der Waals surface area (Å²) < 4.78 is 9.94. The van der Waals surface area contributed by atoms with E-state index in [-0.39, 0.29) is 31.8 Å². The molecule has 0 radical (unpaired) electrons. The number of methoxy groups -OCH3 is 1. The Bertz CT molecular complexity index is 161. The zero-order valence-corrected chi connectivity index (χ0v) is 9.02. The number of carbonyl (C=O) groups is 1. The summed E-state index contributed by atoms with van der Waals surface area (Å²) in [6.07, 6.45) is 0.261. The summed E-state index contributed by atoms with van der Waals surface area (Å²) in [5.41, 5.74) is 0. The molecule has 84 valence electrons. The summed E-state index contributed by atoms with van der Waals surface area (Å²) in [7, 11) is 5.12. The Balaban J connectivity index is 3.62. The summed E-state index contributed by atoms with van der Waals surface area (Å²) in [6, 6.07) is 0. The Morgan fingerprint density at radius 1 is 1.50 bits per heavy atom. The number of carbonyl (C=O) groups excluding carboxylic acids is 1. The first-order valence-electron chi connectivity index (χ1n) is 4.54. The summed E-state index contributed by atoms with van der Waals surface area (Å²) >= 11 is 0. The molecular formula is C9H19NO4. The average molecular weight is 205 g/mol. The van der Waals surface area contributed by atoms with Crippen LogP contribution in [-0.2, 0) is 14.3 Å². The number of hydrogen-bond donors (Lipinski definition) is 1. The molecule has 0 bridgehead atoms. The van der Waals surface area contributed by atoms with Crippen LogP contribution >= 0.6 is 0 Å². The highest BCUT2D eigenvalue weighted by Gasteiger charge is 2.10. The molecule has 0 aromatic carbocycles. The highest BCUT2D eigenvalue weighted by atomic mass is 16.6. The maximum absolute atomic E-state index is 11.1. The molecule has 0 saturated carbocycles. The molecule has 0 aromatic rings. The van der Waals surface area contributed by atoms with Crippen molar-refractivity contribution in [2.24, 2.45) is 0 Å². The number of hydrogen-bond acceptors (Lipinski definition) is 5. The molecule has 5 heteroatoms. The van der Waals surface area contributed by atoms with Crippen molar-refractivity contribution in [2.45, 2.75) is 12.5 Å². The van der Waals surface area contributed by atoms with Crippen molar-refractivity contribution in [3.63, 3.8) is 0 Å². The fourth-order valence-electron chi connectivity index (χ4n) is 0.903. The first-order chi connectivity index (χ1) is 6.60. The molecule has 1 N–H and O–H groups in total. The lowest BCUT2D eigenvalue weighted by Crippen LogP contribution is -2.28. The minimum absolute atomic E-state index is 0.0315. The smallest absolute Gasteiger partial charge is 0.320 e. The van der Waals surface area contributed by atoms with Gasteiger partial charge in [-0.1, -0.05) is 0 Å². The van der Waals surface area contributed by atoms with E-state index in [1.54, 1.807) is 19.0 Å². The van der Waals surface area contributed by atoms with Crippen molar-refractivity contribution in [2.75, 3.05) is 41.0 Å². The molecular weight excluding hydrogens is 186 g/mol. The van der Waals surface area contributed by atoms with Gasteiger partial charge in [-0.05, 0) is 20.5 Å². The summed E-state index contributed by atoms with van der Waals surface area (Å²) in [6.45, 7) is 0.489. The Morgan fingerprint density at radius 2 is 2.14 bits per heavy atom. The van der Waals surface area contributed by atoms with Gasteiger partial charge in [0.05, 0.1) is 12.6 Å². The minimum atomic E-state index is -0.282. The van der Waals surface area contributed by atoms with Crippen LogP contribution in [0, 0.1) is 0 Å². The zero-order valence-electron chi connectivity index (χ0n) is 9.02. The molecule has 0 rings (SSSR count). The molecule has 0 fully saturated rings. The number of aliphatic hydroxyl groups excluding tert-OH is 1. The number of aliphatic hydroxyl groups is 1. The van der Waals surface area contributed by atoms with Crippen LogP contribution in [0.25, 0.3) is 0 Å². The third kappa shape index (κ3) is 6.82. The van der Waals surface area contributed by atoms with E-state index in [9.17, 15) is 4.79 Å². The monoisotopic (exact) mass is 205 g/mol. The molecule has 1 unspecified atom stereocenters. The fraction of sp³-hybridized carbons (Fsp3) is 0.889. The topological polar surface area (TPSA) is 59.0 Å². The molecule has 0 aliphatic rings. The molecule has 0 aliphatic heterocycles. The summed E-state index contributed by atoms with van der Waals surface area (Å²) in [5, 5.41) is 8.65. The van der Waals surface area contributed by atoms with E-state index >= 15 is 0 Å². The van der Waals surface area contributed by atoms with E-state index in [4.69, 9.17) is 14.6 Å². The van der Waals surface area contributed by atoms with E-state index in [1.165, 1.54) is 7.11 Å². The van der Waals surface area contributed by atoms with Crippen LogP contribution in [0.3, 0.4) is 0 Å². The van der Waals surface area contributed by atoms with Crippen LogP contribution in [0.4, 0.5) is 0 Å². The number of esters is 1. The van der Waals surface area contributed by atoms with Gasteiger partial charge in [0, 0.05) is 13.7 Å². The van der Waals surface area contributed by atoms with Gasteiger partial charge >= 0.3 is 5.97 Å². The van der Waals surface area contributed by atoms with Crippen molar-refractivity contribution in [1.29, 1.82) is 0 Å². The van der Waals surface area contributed by atoms with E-state index in [0.29, 0.717) is 6.42 Å². The third-order valence-corrected chi connectivity index (χ3v) is 1.66. The van der Waals surface area contributed by atoms with E-state index in [0.717, 1.165) is 0 Å². The third-order valence-electron chi connectivity index (χ3n) is 1.66. The van der Waals surface area contributed by atoms with Gasteiger partial charge in [-0.3, -0.25) is 9.69 Å². The highest BCUT2D eigenvalue weighted by molar-refractivity contribution is 5.71. The van der Waals surface area contributed by atoms with Crippen molar-refractivity contribution < 1.29 is 19.4 Å². The van der Waals surface area contributed by atoms with E-state index < -0.39 is 0 Å².